The van der Waals surface area contributed by atoms with Gasteiger partial charge in [0.25, 0.3) is 5.91 Å². The van der Waals surface area contributed by atoms with Crippen molar-refractivity contribution in [2.45, 2.75) is 19.9 Å². The number of hydrogen-bond acceptors (Lipinski definition) is 4. The molecule has 2 aromatic rings. The first-order valence-electron chi connectivity index (χ1n) is 7.94. The van der Waals surface area contributed by atoms with Crippen LogP contribution in [-0.2, 0) is 7.05 Å². The number of nitrogens with one attached hydrogen (secondary N) is 1. The highest BCUT2D eigenvalue weighted by Crippen LogP contribution is 2.37. The summed E-state index contributed by atoms with van der Waals surface area (Å²) in [6, 6.07) is 5.06. The molecule has 1 amide bonds. The van der Waals surface area contributed by atoms with E-state index < -0.39 is 0 Å². The maximum absolute atomic E-state index is 12.6. The number of hydrogen-bond donors (Lipinski definition) is 1. The number of carbonyl (C=O) groups excluding carboxylic acids is 2. The van der Waals surface area contributed by atoms with Gasteiger partial charge in [-0.05, 0) is 37.6 Å². The Bertz CT molecular complexity index is 844. The van der Waals surface area contributed by atoms with Crippen LogP contribution < -0.4 is 14.8 Å². The summed E-state index contributed by atoms with van der Waals surface area (Å²) in [5.41, 5.74) is 1.84. The minimum absolute atomic E-state index is 0.0720. The van der Waals surface area contributed by atoms with Gasteiger partial charge in [-0.3, -0.25) is 9.59 Å². The second kappa shape index (κ2) is 6.92. The van der Waals surface area contributed by atoms with Crippen LogP contribution in [0.3, 0.4) is 0 Å². The maximum atomic E-state index is 12.6. The van der Waals surface area contributed by atoms with E-state index in [-0.39, 0.29) is 17.7 Å². The van der Waals surface area contributed by atoms with E-state index in [1.54, 1.807) is 23.9 Å². The van der Waals surface area contributed by atoms with Gasteiger partial charge in [0.2, 0.25) is 0 Å². The van der Waals surface area contributed by atoms with E-state index in [0.717, 1.165) is 10.0 Å². The van der Waals surface area contributed by atoms with Crippen LogP contribution in [0.2, 0.25) is 0 Å². The van der Waals surface area contributed by atoms with Crippen molar-refractivity contribution in [3.63, 3.8) is 0 Å². The summed E-state index contributed by atoms with van der Waals surface area (Å²) >= 11 is 3.52. The largest absolute Gasteiger partial charge is 0.486 e. The number of ketones is 1. The molecular weight excluding hydrogens is 388 g/mol. The quantitative estimate of drug-likeness (QED) is 0.791. The van der Waals surface area contributed by atoms with E-state index in [9.17, 15) is 9.59 Å². The average molecular weight is 407 g/mol. The van der Waals surface area contributed by atoms with Crippen LogP contribution in [0, 0.1) is 0 Å². The lowest BCUT2D eigenvalue weighted by molar-refractivity contribution is 0.0931. The Morgan fingerprint density at radius 1 is 1.20 bits per heavy atom. The van der Waals surface area contributed by atoms with Crippen molar-refractivity contribution in [2.75, 3.05) is 13.2 Å². The standard InChI is InChI=1S/C18H19BrN2O4/c1-10(13-7-16-17(8-14(13)19)25-5-4-24-16)20-18(23)15-6-12(11(2)22)9-21(15)3/h6-10H,4-5H2,1-3H3,(H,20,23). The number of carbonyl (C=O) groups is 2. The second-order valence-corrected chi connectivity index (χ2v) is 6.85. The molecule has 25 heavy (non-hydrogen) atoms. The lowest BCUT2D eigenvalue weighted by Crippen LogP contribution is -2.28. The SMILES string of the molecule is CC(=O)c1cc(C(=O)NC(C)c2cc3c(cc2Br)OCCO3)n(C)c1. The van der Waals surface area contributed by atoms with E-state index in [1.807, 2.05) is 19.1 Å². The van der Waals surface area contributed by atoms with Gasteiger partial charge in [-0.1, -0.05) is 15.9 Å². The number of nitrogens with zero attached hydrogens (tertiary/aromatic N) is 1. The fourth-order valence-corrected chi connectivity index (χ4v) is 3.41. The van der Waals surface area contributed by atoms with Crippen molar-refractivity contribution in [1.82, 2.24) is 9.88 Å². The summed E-state index contributed by atoms with van der Waals surface area (Å²) in [4.78, 5) is 24.1. The molecule has 132 valence electrons. The van der Waals surface area contributed by atoms with Crippen LogP contribution in [0.1, 0.15) is 46.3 Å². The van der Waals surface area contributed by atoms with Crippen LogP contribution in [-0.4, -0.2) is 29.5 Å². The van der Waals surface area contributed by atoms with Gasteiger partial charge in [0.1, 0.15) is 18.9 Å². The van der Waals surface area contributed by atoms with E-state index in [2.05, 4.69) is 21.2 Å². The average Bonchev–Trinajstić information content (AvgIpc) is 2.96. The summed E-state index contributed by atoms with van der Waals surface area (Å²) in [7, 11) is 1.74. The molecular formula is C18H19BrN2O4. The second-order valence-electron chi connectivity index (χ2n) is 5.99. The predicted molar refractivity (Wildman–Crippen MR) is 96.4 cm³/mol. The Morgan fingerprint density at radius 2 is 1.84 bits per heavy atom. The van der Waals surface area contributed by atoms with Crippen LogP contribution in [0.15, 0.2) is 28.9 Å². The van der Waals surface area contributed by atoms with E-state index in [1.165, 1.54) is 6.92 Å². The molecule has 6 nitrogen and oxygen atoms in total. The molecule has 1 aliphatic rings. The fourth-order valence-electron chi connectivity index (χ4n) is 2.74. The number of halogens is 1. The van der Waals surface area contributed by atoms with Gasteiger partial charge in [0, 0.05) is 23.3 Å². The van der Waals surface area contributed by atoms with Crippen molar-refractivity contribution in [3.05, 3.63) is 45.7 Å². The molecule has 0 saturated heterocycles. The maximum Gasteiger partial charge on any atom is 0.268 e. The molecule has 1 aliphatic heterocycles. The Labute approximate surface area is 154 Å². The van der Waals surface area contributed by atoms with Crippen molar-refractivity contribution in [2.24, 2.45) is 7.05 Å². The van der Waals surface area contributed by atoms with Crippen molar-refractivity contribution >= 4 is 27.6 Å². The molecule has 0 aliphatic carbocycles. The van der Waals surface area contributed by atoms with Crippen LogP contribution in [0.4, 0.5) is 0 Å². The highest BCUT2D eigenvalue weighted by Gasteiger charge is 2.21. The molecule has 0 spiro atoms. The number of amides is 1. The number of ether oxygens (including phenoxy) is 2. The fraction of sp³-hybridized carbons (Fsp3) is 0.333. The van der Waals surface area contributed by atoms with Gasteiger partial charge in [-0.2, -0.15) is 0 Å². The topological polar surface area (TPSA) is 69.6 Å². The molecule has 0 saturated carbocycles. The molecule has 1 unspecified atom stereocenters. The van der Waals surface area contributed by atoms with Gasteiger partial charge in [0.05, 0.1) is 6.04 Å². The Morgan fingerprint density at radius 3 is 2.44 bits per heavy atom. The normalized spacial score (nSPS) is 14.1. The lowest BCUT2D eigenvalue weighted by Gasteiger charge is -2.22. The molecule has 1 N–H and O–H groups in total. The highest BCUT2D eigenvalue weighted by atomic mass is 79.9. The van der Waals surface area contributed by atoms with Gasteiger partial charge in [-0.15, -0.1) is 0 Å². The summed E-state index contributed by atoms with van der Waals surface area (Å²) < 4.78 is 13.6. The molecule has 1 atom stereocenters. The molecule has 0 fully saturated rings. The van der Waals surface area contributed by atoms with Gasteiger partial charge < -0.3 is 19.4 Å². The number of Topliss-reactive ketones (excluding diaryl/α,β-unsaturated/α-hetero) is 1. The predicted octanol–water partition coefficient (Wildman–Crippen LogP) is 3.25. The Kier molecular flexibility index (Phi) is 4.85. The molecule has 0 bridgehead atoms. The zero-order chi connectivity index (χ0) is 18.1. The minimum atomic E-state index is -0.256. The summed E-state index contributed by atoms with van der Waals surface area (Å²) in [6.07, 6.45) is 1.65. The summed E-state index contributed by atoms with van der Waals surface area (Å²) in [6.45, 7) is 4.40. The molecule has 7 heteroatoms. The molecule has 1 aromatic heterocycles. The van der Waals surface area contributed by atoms with Crippen LogP contribution in [0.25, 0.3) is 0 Å². The highest BCUT2D eigenvalue weighted by molar-refractivity contribution is 9.10. The summed E-state index contributed by atoms with van der Waals surface area (Å²) in [5.74, 6) is 1.04. The van der Waals surface area contributed by atoms with Crippen molar-refractivity contribution in [1.29, 1.82) is 0 Å². The van der Waals surface area contributed by atoms with Crippen molar-refractivity contribution < 1.29 is 19.1 Å². The number of fused-ring (bicyclic) bond motifs is 1. The summed E-state index contributed by atoms with van der Waals surface area (Å²) in [5, 5.41) is 2.96. The monoisotopic (exact) mass is 406 g/mol. The minimum Gasteiger partial charge on any atom is -0.486 e. The Balaban J connectivity index is 1.81. The zero-order valence-electron chi connectivity index (χ0n) is 14.3. The third-order valence-corrected chi connectivity index (χ3v) is 4.81. The number of rotatable bonds is 4. The van der Waals surface area contributed by atoms with Gasteiger partial charge in [-0.25, -0.2) is 0 Å². The lowest BCUT2D eigenvalue weighted by atomic mass is 10.1. The zero-order valence-corrected chi connectivity index (χ0v) is 15.8. The molecule has 1 aromatic carbocycles. The number of aryl methyl sites for hydroxylation is 1. The molecule has 2 heterocycles. The van der Waals surface area contributed by atoms with Gasteiger partial charge >= 0.3 is 0 Å². The van der Waals surface area contributed by atoms with E-state index >= 15 is 0 Å². The third kappa shape index (κ3) is 3.56. The first kappa shape index (κ1) is 17.5. The number of aromatic nitrogens is 1. The molecule has 0 radical (unpaired) electrons. The van der Waals surface area contributed by atoms with Gasteiger partial charge in [0.15, 0.2) is 17.3 Å². The third-order valence-electron chi connectivity index (χ3n) is 4.12. The number of benzene rings is 1. The van der Waals surface area contributed by atoms with E-state index in [4.69, 9.17) is 9.47 Å². The Hall–Kier alpha value is -2.28. The first-order chi connectivity index (χ1) is 11.9. The van der Waals surface area contributed by atoms with E-state index in [0.29, 0.717) is 36.0 Å². The van der Waals surface area contributed by atoms with Crippen molar-refractivity contribution in [3.8, 4) is 11.5 Å². The van der Waals surface area contributed by atoms with Crippen LogP contribution >= 0.6 is 15.9 Å². The molecule has 3 rings (SSSR count). The first-order valence-corrected chi connectivity index (χ1v) is 8.73. The smallest absolute Gasteiger partial charge is 0.268 e. The van der Waals surface area contributed by atoms with Crippen LogP contribution in [0.5, 0.6) is 11.5 Å².